The number of pyridine rings is 1. The van der Waals surface area contributed by atoms with Gasteiger partial charge in [-0.05, 0) is 43.4 Å². The molecule has 3 aliphatic carbocycles. The Balaban J connectivity index is 1.55. The Morgan fingerprint density at radius 1 is 1.21 bits per heavy atom. The molecule has 2 N–H and O–H groups in total. The fourth-order valence-corrected chi connectivity index (χ4v) is 3.03. The molecule has 2 aromatic rings. The molecule has 5 heteroatoms. The van der Waals surface area contributed by atoms with E-state index in [-0.39, 0.29) is 5.56 Å². The van der Waals surface area contributed by atoms with Gasteiger partial charge in [-0.15, -0.1) is 0 Å². The first-order valence-electron chi connectivity index (χ1n) is 6.53. The molecular formula is C14H14N4O. The molecule has 2 bridgehead atoms. The lowest BCUT2D eigenvalue weighted by Crippen LogP contribution is -2.63. The number of nitrogens with zero attached hydrogens (tertiary/aromatic N) is 2. The van der Waals surface area contributed by atoms with E-state index in [9.17, 15) is 4.79 Å². The van der Waals surface area contributed by atoms with Crippen molar-refractivity contribution in [2.24, 2.45) is 5.92 Å². The molecule has 0 unspecified atom stereocenters. The van der Waals surface area contributed by atoms with Gasteiger partial charge in [0.15, 0.2) is 0 Å². The summed E-state index contributed by atoms with van der Waals surface area (Å²) in [4.78, 5) is 15.4. The highest BCUT2D eigenvalue weighted by Crippen LogP contribution is 2.58. The van der Waals surface area contributed by atoms with Crippen molar-refractivity contribution in [2.75, 3.05) is 5.32 Å². The van der Waals surface area contributed by atoms with Crippen LogP contribution < -0.4 is 10.9 Å². The highest BCUT2D eigenvalue weighted by atomic mass is 16.1. The molecule has 0 saturated heterocycles. The van der Waals surface area contributed by atoms with Gasteiger partial charge in [0.2, 0.25) is 0 Å². The lowest BCUT2D eigenvalue weighted by Gasteiger charge is -2.62. The van der Waals surface area contributed by atoms with Gasteiger partial charge >= 0.3 is 0 Å². The summed E-state index contributed by atoms with van der Waals surface area (Å²) in [6.07, 6.45) is 5.65. The third-order valence-corrected chi connectivity index (χ3v) is 4.17. The quantitative estimate of drug-likeness (QED) is 0.876. The van der Waals surface area contributed by atoms with Crippen molar-refractivity contribution < 1.29 is 0 Å². The van der Waals surface area contributed by atoms with Crippen LogP contribution in [0.5, 0.6) is 0 Å². The van der Waals surface area contributed by atoms with Crippen molar-refractivity contribution >= 4 is 5.82 Å². The van der Waals surface area contributed by atoms with Crippen LogP contribution in [-0.2, 0) is 0 Å². The van der Waals surface area contributed by atoms with Gasteiger partial charge in [-0.25, -0.2) is 10.1 Å². The second kappa shape index (κ2) is 3.66. The molecule has 2 aromatic heterocycles. The summed E-state index contributed by atoms with van der Waals surface area (Å²) >= 11 is 0. The molecule has 96 valence electrons. The Morgan fingerprint density at radius 3 is 2.58 bits per heavy atom. The van der Waals surface area contributed by atoms with Gasteiger partial charge in [-0.2, -0.15) is 5.10 Å². The Labute approximate surface area is 110 Å². The molecule has 3 saturated carbocycles. The maximum Gasteiger partial charge on any atom is 0.264 e. The van der Waals surface area contributed by atoms with Gasteiger partial charge in [0.25, 0.3) is 5.56 Å². The number of nitrogens with one attached hydrogen (secondary N) is 2. The van der Waals surface area contributed by atoms with Gasteiger partial charge in [-0.3, -0.25) is 4.79 Å². The van der Waals surface area contributed by atoms with Gasteiger partial charge in [-0.1, -0.05) is 0 Å². The van der Waals surface area contributed by atoms with Crippen molar-refractivity contribution in [3.8, 4) is 11.3 Å². The van der Waals surface area contributed by atoms with E-state index in [0.29, 0.717) is 5.54 Å². The third-order valence-electron chi connectivity index (χ3n) is 4.17. The smallest absolute Gasteiger partial charge is 0.264 e. The first kappa shape index (κ1) is 10.7. The van der Waals surface area contributed by atoms with E-state index in [1.54, 1.807) is 12.3 Å². The molecular weight excluding hydrogens is 240 g/mol. The fourth-order valence-electron chi connectivity index (χ4n) is 3.03. The Hall–Kier alpha value is -2.17. The molecule has 0 radical (unpaired) electrons. The van der Waals surface area contributed by atoms with Crippen LogP contribution in [0.25, 0.3) is 11.3 Å². The molecule has 0 amide bonds. The summed E-state index contributed by atoms with van der Waals surface area (Å²) in [5, 5.41) is 9.94. The van der Waals surface area contributed by atoms with E-state index in [2.05, 4.69) is 20.5 Å². The molecule has 2 heterocycles. The van der Waals surface area contributed by atoms with Crippen molar-refractivity contribution in [1.29, 1.82) is 0 Å². The number of hydrogen-bond acceptors (Lipinski definition) is 4. The molecule has 5 rings (SSSR count). The maximum atomic E-state index is 11.0. The molecule has 3 fully saturated rings. The van der Waals surface area contributed by atoms with Crippen molar-refractivity contribution in [3.63, 3.8) is 0 Å². The van der Waals surface area contributed by atoms with Crippen LogP contribution in [0, 0.1) is 5.92 Å². The lowest BCUT2D eigenvalue weighted by molar-refractivity contribution is 0.00181. The standard InChI is InChI=1S/C14H14N4O/c19-13-4-2-11(17-18-13)10-1-3-12(15-8-10)16-14-5-9(6-14)7-14/h1-4,8-9H,5-7H2,(H,15,16)(H,18,19). The monoisotopic (exact) mass is 254 g/mol. The maximum absolute atomic E-state index is 11.0. The number of H-pyrrole nitrogens is 1. The zero-order chi connectivity index (χ0) is 12.9. The van der Waals surface area contributed by atoms with Gasteiger partial charge in [0.05, 0.1) is 5.69 Å². The molecule has 3 aliphatic rings. The number of anilines is 1. The predicted molar refractivity (Wildman–Crippen MR) is 71.8 cm³/mol. The molecule has 0 aromatic carbocycles. The second-order valence-electron chi connectivity index (χ2n) is 5.62. The summed E-state index contributed by atoms with van der Waals surface area (Å²) in [7, 11) is 0. The summed E-state index contributed by atoms with van der Waals surface area (Å²) in [6, 6.07) is 7.12. The summed E-state index contributed by atoms with van der Waals surface area (Å²) in [5.41, 5.74) is 1.78. The average molecular weight is 254 g/mol. The highest BCUT2D eigenvalue weighted by Gasteiger charge is 2.56. The summed E-state index contributed by atoms with van der Waals surface area (Å²) in [6.45, 7) is 0. The number of rotatable bonds is 3. The Morgan fingerprint density at radius 2 is 2.05 bits per heavy atom. The van der Waals surface area contributed by atoms with Crippen LogP contribution in [0.3, 0.4) is 0 Å². The van der Waals surface area contributed by atoms with Gasteiger partial charge < -0.3 is 5.32 Å². The zero-order valence-corrected chi connectivity index (χ0v) is 10.4. The second-order valence-corrected chi connectivity index (χ2v) is 5.62. The van der Waals surface area contributed by atoms with Crippen LogP contribution in [0.2, 0.25) is 0 Å². The average Bonchev–Trinajstić information content (AvgIpc) is 2.34. The van der Waals surface area contributed by atoms with E-state index < -0.39 is 0 Å². The van der Waals surface area contributed by atoms with Crippen molar-refractivity contribution in [3.05, 3.63) is 40.8 Å². The van der Waals surface area contributed by atoms with Crippen molar-refractivity contribution in [1.82, 2.24) is 15.2 Å². The first-order valence-corrected chi connectivity index (χ1v) is 6.53. The normalized spacial score (nSPS) is 27.3. The first-order chi connectivity index (χ1) is 9.22. The summed E-state index contributed by atoms with van der Waals surface area (Å²) < 4.78 is 0. The van der Waals surface area contributed by atoms with Crippen LogP contribution in [0.15, 0.2) is 35.3 Å². The fraction of sp³-hybridized carbons (Fsp3) is 0.357. The number of aromatic amines is 1. The van der Waals surface area contributed by atoms with Crippen LogP contribution in [-0.4, -0.2) is 20.7 Å². The van der Waals surface area contributed by atoms with E-state index >= 15 is 0 Å². The molecule has 5 nitrogen and oxygen atoms in total. The molecule has 0 aliphatic heterocycles. The molecule has 19 heavy (non-hydrogen) atoms. The van der Waals surface area contributed by atoms with Gasteiger partial charge in [0.1, 0.15) is 5.82 Å². The SMILES string of the molecule is O=c1ccc(-c2ccc(NC34CC(C3)C4)nc2)n[nH]1. The minimum absolute atomic E-state index is 0.196. The number of hydrogen-bond donors (Lipinski definition) is 2. The van der Waals surface area contributed by atoms with E-state index in [1.165, 1.54) is 25.3 Å². The predicted octanol–water partition coefficient (Wildman–Crippen LogP) is 1.80. The van der Waals surface area contributed by atoms with E-state index in [1.807, 2.05) is 12.1 Å². The highest BCUT2D eigenvalue weighted by molar-refractivity contribution is 5.59. The van der Waals surface area contributed by atoms with Crippen LogP contribution in [0.4, 0.5) is 5.82 Å². The van der Waals surface area contributed by atoms with E-state index in [0.717, 1.165) is 23.0 Å². The molecule has 0 atom stereocenters. The van der Waals surface area contributed by atoms with Crippen molar-refractivity contribution in [2.45, 2.75) is 24.8 Å². The van der Waals surface area contributed by atoms with Crippen LogP contribution >= 0.6 is 0 Å². The zero-order valence-electron chi connectivity index (χ0n) is 10.4. The lowest BCUT2D eigenvalue weighted by atomic mass is 9.50. The van der Waals surface area contributed by atoms with E-state index in [4.69, 9.17) is 0 Å². The minimum atomic E-state index is -0.196. The topological polar surface area (TPSA) is 70.7 Å². The Kier molecular flexibility index (Phi) is 2.07. The largest absolute Gasteiger partial charge is 0.365 e. The third kappa shape index (κ3) is 1.73. The van der Waals surface area contributed by atoms with Crippen LogP contribution in [0.1, 0.15) is 19.3 Å². The molecule has 0 spiro atoms. The minimum Gasteiger partial charge on any atom is -0.365 e. The Bertz CT molecular complexity index is 639. The van der Waals surface area contributed by atoms with Gasteiger partial charge in [0, 0.05) is 23.4 Å². The number of aromatic nitrogens is 3. The summed E-state index contributed by atoms with van der Waals surface area (Å²) in [5.74, 6) is 1.88.